The molecule has 8 aromatic carbocycles. The van der Waals surface area contributed by atoms with Gasteiger partial charge in [0.05, 0.1) is 50.9 Å². The average Bonchev–Trinajstić information content (AvgIpc) is 1.67. The van der Waals surface area contributed by atoms with E-state index in [1.807, 2.05) is 115 Å². The summed E-state index contributed by atoms with van der Waals surface area (Å²) in [6, 6.07) is 84.0. The molecular formula is C106H102F6N18. The molecule has 18 heterocycles. The number of para-hydroxylation sites is 5. The zero-order chi connectivity index (χ0) is 89.8. The Hall–Kier alpha value is -13.9. The van der Waals surface area contributed by atoms with Gasteiger partial charge in [0.2, 0.25) is 0 Å². The molecule has 0 saturated carbocycles. The summed E-state index contributed by atoms with van der Waals surface area (Å²) in [5.74, 6) is 5.58. The molecule has 18 nitrogen and oxygen atoms in total. The summed E-state index contributed by atoms with van der Waals surface area (Å²) in [4.78, 5) is 54.6. The summed E-state index contributed by atoms with van der Waals surface area (Å²) in [5.41, 5.74) is 23.9. The number of halogens is 6. The molecule has 0 bridgehead atoms. The maximum absolute atomic E-state index is 13.0. The van der Waals surface area contributed by atoms with E-state index in [9.17, 15) is 26.3 Å². The molecule has 6 aromatic heterocycles. The van der Waals surface area contributed by atoms with Gasteiger partial charge in [0.25, 0.3) is 0 Å². The number of rotatable bonds is 4. The van der Waals surface area contributed by atoms with Gasteiger partial charge in [0.15, 0.2) is 34.9 Å². The van der Waals surface area contributed by atoms with E-state index in [0.29, 0.717) is 59.8 Å². The average molecular weight is 1740 g/mol. The first kappa shape index (κ1) is 83.0. The number of fused-ring (bicyclic) bond motifs is 32. The third-order valence-electron chi connectivity index (χ3n) is 27.5. The topological polar surface area (TPSA) is 116 Å². The molecule has 12 aliphatic rings. The van der Waals surface area contributed by atoms with Gasteiger partial charge in [0, 0.05) is 159 Å². The van der Waals surface area contributed by atoms with Crippen LogP contribution in [0.5, 0.6) is 0 Å². The lowest BCUT2D eigenvalue weighted by molar-refractivity contribution is -0.138. The molecule has 24 heteroatoms. The van der Waals surface area contributed by atoms with E-state index in [-0.39, 0.29) is 23.8 Å². The third-order valence-corrected chi connectivity index (χ3v) is 27.5. The number of aromatic nitrogens is 6. The summed E-state index contributed by atoms with van der Waals surface area (Å²) in [6.07, 6.45) is 6.13. The lowest BCUT2D eigenvalue weighted by atomic mass is 9.86. The number of nitrogens with zero attached hydrogens (tertiary/aromatic N) is 18. The van der Waals surface area contributed by atoms with Crippen LogP contribution in [0.2, 0.25) is 0 Å². The molecule has 130 heavy (non-hydrogen) atoms. The quantitative estimate of drug-likeness (QED) is 0.155. The van der Waals surface area contributed by atoms with Crippen molar-refractivity contribution in [1.82, 2.24) is 29.9 Å². The lowest BCUT2D eigenvalue weighted by Gasteiger charge is -2.31. The molecule has 14 aromatic rings. The smallest absolute Gasteiger partial charge is 0.351 e. The summed E-state index contributed by atoms with van der Waals surface area (Å²) in [6.45, 7) is 19.9. The number of likely N-dealkylation sites (N-methyl/N-ethyl adjacent to an activating group) is 3. The minimum absolute atomic E-state index is 0.00150. The van der Waals surface area contributed by atoms with Crippen LogP contribution in [0.3, 0.4) is 0 Å². The van der Waals surface area contributed by atoms with Crippen molar-refractivity contribution in [3.05, 3.63) is 324 Å². The van der Waals surface area contributed by atoms with Crippen molar-refractivity contribution in [2.45, 2.75) is 174 Å². The second kappa shape index (κ2) is 31.8. The standard InChI is InChI=1S/C22H21N3.C20H19N3.C18H21N3.C17H16F3N3.C15H12F3N3.C14H13N3/c1-15(2)24-20-13-12-18(16-8-4-3-5-9-16)23-22(20)25-19-11-7-6-10-17(19)14-21(24)25;1-13(2)22-18-11-14-7-4-6-10-17(14)23(18)20-19(22)16-9-5-3-8-15(16)12-21-20;1-18(2,3)13-7-8-14-12(10-13)11-16-20(4)15-6-5-9-19-17(15)21(14)16;1-10(2)22-14-8-12(17(18,19)20)9-21-16(14)23-13-6-4-3-5-11(13)7-15(22)23;1-20-12-7-10(15(16,17)18)8-19-14(12)21-11-5-3-2-4-9(11)6-13(20)21;1-16-12-7-4-8-15-14(12)17-11-6-3-2-5-10(11)9-13(16)17/h3-13,15,21H,14H2,1-2H3;3-10,12-13,18H,11H2,1-2H3;5-10,16H,11H2,1-4H3;3-6,8-10,15H,7H2,1-2H3;2-5,7-8,13H,6H2,1H3;2-8,13H,9H2,1H3. The number of hydrogen-bond donors (Lipinski definition) is 0. The minimum atomic E-state index is -4.38. The highest BCUT2D eigenvalue weighted by Crippen LogP contribution is 2.58. The normalized spacial score (nSPS) is 19.0. The van der Waals surface area contributed by atoms with Gasteiger partial charge in [-0.2, -0.15) is 26.3 Å². The Morgan fingerprint density at radius 2 is 0.646 bits per heavy atom. The van der Waals surface area contributed by atoms with Gasteiger partial charge < -0.3 is 58.8 Å². The molecule has 26 rings (SSSR count). The molecule has 0 aliphatic carbocycles. The second-order valence-corrected chi connectivity index (χ2v) is 37.1. The SMILES string of the molecule is CC(C)N1c2c(ncc3ccccc23)N2c3ccccc3CC21.CC(C)N1c2cc(C(F)(F)F)cnc2N2c3ccccc3CC21.CC(C)N1c2ccc(-c3ccccc3)nc2N2c3ccccc3CC21.CN1c2cc(C(F)(F)F)cnc2N2c3ccccc3CC12.CN1c2cccnc2N2c3ccc(C(C)(C)C)cc3CC12.CN1c2cccnc2N2c3ccccc3CC12. The number of benzene rings is 8. The molecule has 0 saturated heterocycles. The zero-order valence-electron chi connectivity index (χ0n) is 74.7. The first-order valence-corrected chi connectivity index (χ1v) is 45.0. The Labute approximate surface area is 754 Å². The molecule has 6 atom stereocenters. The predicted molar refractivity (Wildman–Crippen MR) is 512 cm³/mol. The van der Waals surface area contributed by atoms with Gasteiger partial charge in [-0.25, -0.2) is 29.9 Å². The summed E-state index contributed by atoms with van der Waals surface area (Å²) < 4.78 is 77.6. The number of alkyl halides is 6. The fraction of sp³-hybridized carbons (Fsp3) is 0.283. The molecule has 0 fully saturated rings. The number of pyridine rings is 6. The molecule has 12 aliphatic heterocycles. The Morgan fingerprint density at radius 3 is 1.12 bits per heavy atom. The van der Waals surface area contributed by atoms with Crippen molar-refractivity contribution in [1.29, 1.82) is 0 Å². The van der Waals surface area contributed by atoms with Gasteiger partial charge in [0.1, 0.15) is 37.0 Å². The number of anilines is 18. The Morgan fingerprint density at radius 1 is 0.292 bits per heavy atom. The summed E-state index contributed by atoms with van der Waals surface area (Å²) >= 11 is 0. The van der Waals surface area contributed by atoms with Crippen LogP contribution in [-0.4, -0.2) is 106 Å². The maximum Gasteiger partial charge on any atom is 0.417 e. The highest BCUT2D eigenvalue weighted by atomic mass is 19.4. The molecule has 0 N–H and O–H groups in total. The van der Waals surface area contributed by atoms with Crippen molar-refractivity contribution in [2.75, 3.05) is 79.9 Å². The lowest BCUT2D eigenvalue weighted by Crippen LogP contribution is -2.43. The summed E-state index contributed by atoms with van der Waals surface area (Å²) in [5, 5.41) is 2.52. The second-order valence-electron chi connectivity index (χ2n) is 37.1. The van der Waals surface area contributed by atoms with Gasteiger partial charge in [-0.05, 0) is 171 Å². The highest BCUT2D eigenvalue weighted by molar-refractivity contribution is 6.04. The van der Waals surface area contributed by atoms with Crippen molar-refractivity contribution < 1.29 is 26.3 Å². The van der Waals surface area contributed by atoms with Crippen molar-refractivity contribution >= 4 is 114 Å². The van der Waals surface area contributed by atoms with E-state index >= 15 is 0 Å². The molecule has 0 radical (unpaired) electrons. The van der Waals surface area contributed by atoms with E-state index in [4.69, 9.17) is 9.97 Å². The van der Waals surface area contributed by atoms with Crippen LogP contribution in [-0.2, 0) is 56.3 Å². The fourth-order valence-electron chi connectivity index (χ4n) is 21.5. The van der Waals surface area contributed by atoms with Gasteiger partial charge in [-0.3, -0.25) is 0 Å². The molecule has 0 amide bonds. The van der Waals surface area contributed by atoms with E-state index in [1.165, 1.54) is 107 Å². The van der Waals surface area contributed by atoms with E-state index in [2.05, 4.69) is 296 Å². The fourth-order valence-corrected chi connectivity index (χ4v) is 21.5. The van der Waals surface area contributed by atoms with E-state index < -0.39 is 23.5 Å². The monoisotopic (exact) mass is 1740 g/mol. The van der Waals surface area contributed by atoms with Crippen molar-refractivity contribution in [3.63, 3.8) is 0 Å². The molecule has 0 spiro atoms. The Kier molecular flexibility index (Phi) is 20.3. The van der Waals surface area contributed by atoms with Crippen molar-refractivity contribution in [3.8, 4) is 11.3 Å². The van der Waals surface area contributed by atoms with Crippen LogP contribution in [0.1, 0.15) is 112 Å². The highest BCUT2D eigenvalue weighted by Gasteiger charge is 2.51. The van der Waals surface area contributed by atoms with Gasteiger partial charge in [-0.15, -0.1) is 0 Å². The van der Waals surface area contributed by atoms with Crippen LogP contribution in [0.4, 0.5) is 129 Å². The minimum Gasteiger partial charge on any atom is -0.351 e. The van der Waals surface area contributed by atoms with E-state index in [1.54, 1.807) is 0 Å². The Balaban J connectivity index is 0.0000000947. The first-order chi connectivity index (χ1) is 62.7. The molecular weight excluding hydrogens is 1640 g/mol. The van der Waals surface area contributed by atoms with E-state index in [0.717, 1.165) is 96.8 Å². The third kappa shape index (κ3) is 13.8. The largest absolute Gasteiger partial charge is 0.417 e. The molecule has 658 valence electrons. The predicted octanol–water partition coefficient (Wildman–Crippen LogP) is 23.8. The van der Waals surface area contributed by atoms with Gasteiger partial charge >= 0.3 is 12.4 Å². The van der Waals surface area contributed by atoms with Crippen LogP contribution in [0.25, 0.3) is 22.0 Å². The summed E-state index contributed by atoms with van der Waals surface area (Å²) in [7, 11) is 6.13. The van der Waals surface area contributed by atoms with Crippen LogP contribution in [0, 0.1) is 0 Å². The van der Waals surface area contributed by atoms with Gasteiger partial charge in [-0.1, -0.05) is 178 Å². The Bertz CT molecular complexity index is 6710. The van der Waals surface area contributed by atoms with Crippen LogP contribution < -0.4 is 58.8 Å². The maximum atomic E-state index is 13.0. The zero-order valence-corrected chi connectivity index (χ0v) is 74.7. The first-order valence-electron chi connectivity index (χ1n) is 45.0. The molecule has 6 unspecified atom stereocenters. The van der Waals surface area contributed by atoms with Crippen molar-refractivity contribution in [2.24, 2.45) is 0 Å². The van der Waals surface area contributed by atoms with Crippen LogP contribution >= 0.6 is 0 Å². The van der Waals surface area contributed by atoms with Crippen LogP contribution in [0.15, 0.2) is 274 Å². The number of hydrogen-bond acceptors (Lipinski definition) is 18.